The van der Waals surface area contributed by atoms with E-state index in [1.807, 2.05) is 10.6 Å². The summed E-state index contributed by atoms with van der Waals surface area (Å²) < 4.78 is 10.6. The molecule has 172 valence electrons. The van der Waals surface area contributed by atoms with Crippen molar-refractivity contribution in [3.63, 3.8) is 0 Å². The maximum absolute atomic E-state index is 12.8. The van der Waals surface area contributed by atoms with Gasteiger partial charge in [0.05, 0.1) is 18.8 Å². The van der Waals surface area contributed by atoms with E-state index >= 15 is 0 Å². The predicted molar refractivity (Wildman–Crippen MR) is 103 cm³/mol. The zero-order valence-corrected chi connectivity index (χ0v) is 16.8. The van der Waals surface area contributed by atoms with Gasteiger partial charge >= 0.3 is 5.97 Å². The van der Waals surface area contributed by atoms with Crippen molar-refractivity contribution in [3.05, 3.63) is 40.3 Å². The van der Waals surface area contributed by atoms with E-state index in [2.05, 4.69) is 10.0 Å². The summed E-state index contributed by atoms with van der Waals surface area (Å²) in [6.07, 6.45) is -3.96. The van der Waals surface area contributed by atoms with Crippen molar-refractivity contribution in [3.8, 4) is 0 Å². The zero-order chi connectivity index (χ0) is 23.7. The van der Waals surface area contributed by atoms with Gasteiger partial charge in [0.15, 0.2) is 6.10 Å². The quantitative estimate of drug-likeness (QED) is 0.125. The van der Waals surface area contributed by atoms with Gasteiger partial charge in [-0.1, -0.05) is 17.2 Å². The molecule has 14 nitrogen and oxygen atoms in total. The Balaban J connectivity index is 1.85. The first-order valence-electron chi connectivity index (χ1n) is 9.39. The fourth-order valence-corrected chi connectivity index (χ4v) is 3.36. The Bertz CT molecular complexity index is 978. The topological polar surface area (TPSA) is 223 Å². The molecular formula is C18H21N5O9. The number of carbonyl (C=O) groups excluding carboxylic acids is 3. The van der Waals surface area contributed by atoms with Crippen molar-refractivity contribution in [2.24, 2.45) is 5.11 Å². The van der Waals surface area contributed by atoms with Crippen molar-refractivity contribution in [2.45, 2.75) is 42.6 Å². The molecule has 1 aromatic rings. The Kier molecular flexibility index (Phi) is 6.11. The first-order valence-corrected chi connectivity index (χ1v) is 9.39. The molecule has 0 saturated carbocycles. The Morgan fingerprint density at radius 1 is 1.38 bits per heavy atom. The first kappa shape index (κ1) is 23.4. The number of fused-ring (bicyclic) bond motifs is 5. The van der Waals surface area contributed by atoms with E-state index < -0.39 is 53.6 Å². The van der Waals surface area contributed by atoms with Crippen LogP contribution in [0.1, 0.15) is 23.7 Å². The first-order chi connectivity index (χ1) is 15.0. The molecule has 0 aliphatic carbocycles. The summed E-state index contributed by atoms with van der Waals surface area (Å²) in [4.78, 5) is 40.6. The summed E-state index contributed by atoms with van der Waals surface area (Å²) in [5.41, 5.74) is 1.24. The van der Waals surface area contributed by atoms with E-state index in [0.717, 1.165) is 6.92 Å². The molecule has 5 atom stereocenters. The second-order valence-electron chi connectivity index (χ2n) is 7.60. The summed E-state index contributed by atoms with van der Waals surface area (Å²) >= 11 is 0. The second-order valence-corrected chi connectivity index (χ2v) is 7.60. The average molecular weight is 451 g/mol. The molecule has 32 heavy (non-hydrogen) atoms. The number of nitrogens with one attached hydrogen (secondary N) is 2. The van der Waals surface area contributed by atoms with Gasteiger partial charge in [-0.25, -0.2) is 4.79 Å². The Morgan fingerprint density at radius 2 is 2.03 bits per heavy atom. The second kappa shape index (κ2) is 8.35. The van der Waals surface area contributed by atoms with Crippen molar-refractivity contribution in [2.75, 3.05) is 13.2 Å². The summed E-state index contributed by atoms with van der Waals surface area (Å²) in [5.74, 6) is -3.43. The third-order valence-corrected chi connectivity index (χ3v) is 5.27. The lowest BCUT2D eigenvalue weighted by molar-refractivity contribution is -0.245. The predicted octanol–water partition coefficient (Wildman–Crippen LogP) is -1.69. The fraction of sp³-hybridized carbons (Fsp3) is 0.500. The molecule has 0 spiro atoms. The van der Waals surface area contributed by atoms with E-state index in [-0.39, 0.29) is 24.3 Å². The standard InChI is InChI=1S/C18H21N5O9/c1-16(29,8-24)13(26)18-15(28)20-17(30,14(27)21-18)11(6-7-31-18)32-12(25)9-2-4-10(5-3-9)22-23-19/h2-5,11,13,24,26,29-30H,6-8H2,1H3,(H,20,28)(H,21,27)/t11-,13+,16+,17-,18+/m1/s1. The van der Waals surface area contributed by atoms with E-state index in [4.69, 9.17) is 15.0 Å². The van der Waals surface area contributed by atoms with Crippen LogP contribution in [-0.2, 0) is 19.1 Å². The van der Waals surface area contributed by atoms with Crippen LogP contribution in [0.3, 0.4) is 0 Å². The fourth-order valence-electron chi connectivity index (χ4n) is 3.36. The van der Waals surface area contributed by atoms with Crippen LogP contribution < -0.4 is 10.6 Å². The maximum Gasteiger partial charge on any atom is 0.338 e. The molecule has 6 N–H and O–H groups in total. The van der Waals surface area contributed by atoms with Crippen LogP contribution >= 0.6 is 0 Å². The van der Waals surface area contributed by atoms with Gasteiger partial charge in [-0.15, -0.1) is 0 Å². The summed E-state index contributed by atoms with van der Waals surface area (Å²) in [6.45, 7) is -0.333. The number of rotatable bonds is 6. The lowest BCUT2D eigenvalue weighted by atomic mass is 9.85. The number of amides is 2. The van der Waals surface area contributed by atoms with Crippen molar-refractivity contribution >= 4 is 23.5 Å². The summed E-state index contributed by atoms with van der Waals surface area (Å²) in [6, 6.07) is 5.30. The SMILES string of the molecule is C[C@](O)(CO)[C@H](O)[C@@]12NC(=O)[C@@](O)(NC1=O)[C@H](OC(=O)c1ccc(N=[N+]=[N-])cc1)CCO2. The molecular weight excluding hydrogens is 430 g/mol. The molecule has 0 radical (unpaired) electrons. The van der Waals surface area contributed by atoms with Crippen LogP contribution in [0, 0.1) is 0 Å². The van der Waals surface area contributed by atoms with Crippen molar-refractivity contribution < 1.29 is 44.3 Å². The van der Waals surface area contributed by atoms with Gasteiger partial charge in [-0.3, -0.25) is 9.59 Å². The average Bonchev–Trinajstić information content (AvgIpc) is 2.75. The molecule has 2 bridgehead atoms. The minimum absolute atomic E-state index is 0.0137. The number of aliphatic hydroxyl groups excluding tert-OH is 2. The smallest absolute Gasteiger partial charge is 0.338 e. The van der Waals surface area contributed by atoms with Crippen LogP contribution in [0.5, 0.6) is 0 Å². The third kappa shape index (κ3) is 3.86. The molecule has 4 rings (SSSR count). The van der Waals surface area contributed by atoms with Gasteiger partial charge in [0.25, 0.3) is 23.3 Å². The molecule has 3 heterocycles. The van der Waals surface area contributed by atoms with Crippen LogP contribution in [0.25, 0.3) is 10.4 Å². The molecule has 3 aliphatic rings. The normalized spacial score (nSPS) is 30.0. The van der Waals surface area contributed by atoms with E-state index in [1.165, 1.54) is 24.3 Å². The largest absolute Gasteiger partial charge is 0.453 e. The highest BCUT2D eigenvalue weighted by molar-refractivity contribution is 6.02. The number of hydrogen-bond acceptors (Lipinski definition) is 10. The Labute approximate surface area is 180 Å². The monoisotopic (exact) mass is 451 g/mol. The molecule has 3 aliphatic heterocycles. The van der Waals surface area contributed by atoms with Gasteiger partial charge in [0.2, 0.25) is 0 Å². The van der Waals surface area contributed by atoms with Gasteiger partial charge in [0.1, 0.15) is 11.7 Å². The van der Waals surface area contributed by atoms with E-state index in [1.54, 1.807) is 0 Å². The third-order valence-electron chi connectivity index (χ3n) is 5.27. The van der Waals surface area contributed by atoms with Gasteiger partial charge in [0, 0.05) is 17.0 Å². The maximum atomic E-state index is 12.8. The number of nitrogens with zero attached hydrogens (tertiary/aromatic N) is 3. The minimum atomic E-state index is -2.70. The van der Waals surface area contributed by atoms with E-state index in [0.29, 0.717) is 0 Å². The Hall–Kier alpha value is -3.26. The Morgan fingerprint density at radius 3 is 2.62 bits per heavy atom. The van der Waals surface area contributed by atoms with Crippen LogP contribution in [0.15, 0.2) is 29.4 Å². The van der Waals surface area contributed by atoms with Gasteiger partial charge in [-0.2, -0.15) is 0 Å². The number of carbonyl (C=O) groups is 3. The van der Waals surface area contributed by atoms with E-state index in [9.17, 15) is 34.8 Å². The zero-order valence-electron chi connectivity index (χ0n) is 16.8. The molecule has 3 fully saturated rings. The van der Waals surface area contributed by atoms with Crippen molar-refractivity contribution in [1.82, 2.24) is 10.6 Å². The molecule has 3 saturated heterocycles. The lowest BCUT2D eigenvalue weighted by Crippen LogP contribution is -2.84. The number of ether oxygens (including phenoxy) is 2. The highest BCUT2D eigenvalue weighted by atomic mass is 16.6. The van der Waals surface area contributed by atoms with Crippen molar-refractivity contribution in [1.29, 1.82) is 0 Å². The van der Waals surface area contributed by atoms with Crippen LogP contribution in [-0.4, -0.2) is 80.7 Å². The van der Waals surface area contributed by atoms with Crippen LogP contribution in [0.2, 0.25) is 0 Å². The lowest BCUT2D eigenvalue weighted by Gasteiger charge is -2.50. The van der Waals surface area contributed by atoms with Gasteiger partial charge < -0.3 is 40.5 Å². The minimum Gasteiger partial charge on any atom is -0.453 e. The number of hydrogen-bond donors (Lipinski definition) is 6. The molecule has 14 heteroatoms. The number of piperazine rings is 1. The number of benzene rings is 1. The molecule has 0 unspecified atom stereocenters. The number of aliphatic hydroxyl groups is 4. The summed E-state index contributed by atoms with van der Waals surface area (Å²) in [7, 11) is 0. The number of esters is 1. The highest BCUT2D eigenvalue weighted by Crippen LogP contribution is 2.33. The molecule has 1 aromatic carbocycles. The molecule has 0 aromatic heterocycles. The number of azide groups is 1. The van der Waals surface area contributed by atoms with Gasteiger partial charge in [-0.05, 0) is 24.6 Å². The molecule has 2 amide bonds. The highest BCUT2D eigenvalue weighted by Gasteiger charge is 2.65. The van der Waals surface area contributed by atoms with Crippen LogP contribution in [0.4, 0.5) is 5.69 Å². The summed E-state index contributed by atoms with van der Waals surface area (Å²) in [5, 5.41) is 48.2.